The third-order valence-corrected chi connectivity index (χ3v) is 7.40. The molecule has 0 aromatic heterocycles. The molecule has 156 valence electrons. The molecule has 1 heterocycles. The van der Waals surface area contributed by atoms with Gasteiger partial charge in [-0.2, -0.15) is 4.31 Å². The quantitative estimate of drug-likeness (QED) is 0.718. The molecule has 1 saturated heterocycles. The maximum Gasteiger partial charge on any atom is 0.246 e. The first-order valence-corrected chi connectivity index (χ1v) is 11.4. The molecule has 1 fully saturated rings. The van der Waals surface area contributed by atoms with Gasteiger partial charge in [-0.3, -0.25) is 4.79 Å². The number of hydrogen-bond donors (Lipinski definition) is 1. The molecule has 1 aliphatic heterocycles. The van der Waals surface area contributed by atoms with Gasteiger partial charge in [0, 0.05) is 29.7 Å². The molecule has 1 N–H and O–H groups in total. The summed E-state index contributed by atoms with van der Waals surface area (Å²) in [6.45, 7) is 0.739. The maximum atomic E-state index is 13.1. The third-order valence-electron chi connectivity index (χ3n) is 4.91. The highest BCUT2D eigenvalue weighted by molar-refractivity contribution is 7.89. The van der Waals surface area contributed by atoms with E-state index in [4.69, 9.17) is 27.9 Å². The summed E-state index contributed by atoms with van der Waals surface area (Å²) < 4.78 is 32.8. The third kappa shape index (κ3) is 5.04. The first kappa shape index (κ1) is 21.9. The fourth-order valence-electron chi connectivity index (χ4n) is 3.33. The van der Waals surface area contributed by atoms with Crippen LogP contribution in [0.25, 0.3) is 0 Å². The number of nitrogens with one attached hydrogen (secondary N) is 1. The van der Waals surface area contributed by atoms with Gasteiger partial charge in [-0.25, -0.2) is 8.42 Å². The summed E-state index contributed by atoms with van der Waals surface area (Å²) in [6, 6.07) is 11.7. The van der Waals surface area contributed by atoms with E-state index in [0.29, 0.717) is 36.0 Å². The van der Waals surface area contributed by atoms with E-state index in [-0.39, 0.29) is 23.1 Å². The van der Waals surface area contributed by atoms with Gasteiger partial charge < -0.3 is 10.1 Å². The highest BCUT2D eigenvalue weighted by Gasteiger charge is 2.35. The van der Waals surface area contributed by atoms with Gasteiger partial charge in [0.15, 0.2) is 0 Å². The van der Waals surface area contributed by atoms with Crippen LogP contribution in [0.4, 0.5) is 0 Å². The molecule has 2 aromatic rings. The number of carbonyl (C=O) groups excluding carboxylic acids is 1. The standard InChI is InChI=1S/C20H22Cl2N2O4S/c1-28-18-9-8-16(21)11-19(18)29(26,27)24-10-4-6-15(13-24)20(25)23-12-14-5-2-3-7-17(14)22/h2-3,5,7-9,11,15H,4,6,10,12-13H2,1H3,(H,23,25)/t15-/m1/s1. The van der Waals surface area contributed by atoms with Crippen molar-refractivity contribution in [3.63, 3.8) is 0 Å². The number of piperidine rings is 1. The number of carbonyl (C=O) groups is 1. The summed E-state index contributed by atoms with van der Waals surface area (Å²) >= 11 is 12.1. The van der Waals surface area contributed by atoms with E-state index in [2.05, 4.69) is 5.32 Å². The average molecular weight is 457 g/mol. The van der Waals surface area contributed by atoms with Crippen LogP contribution >= 0.6 is 23.2 Å². The number of methoxy groups -OCH3 is 1. The number of hydrogen-bond acceptors (Lipinski definition) is 4. The Labute approximate surface area is 180 Å². The molecule has 29 heavy (non-hydrogen) atoms. The molecule has 6 nitrogen and oxygen atoms in total. The summed E-state index contributed by atoms with van der Waals surface area (Å²) in [4.78, 5) is 12.7. The highest BCUT2D eigenvalue weighted by Crippen LogP contribution is 2.32. The van der Waals surface area contributed by atoms with Gasteiger partial charge in [0.25, 0.3) is 0 Å². The Balaban J connectivity index is 1.72. The number of amides is 1. The van der Waals surface area contributed by atoms with Crippen LogP contribution < -0.4 is 10.1 Å². The molecule has 3 rings (SSSR count). The zero-order valence-corrected chi connectivity index (χ0v) is 18.2. The summed E-state index contributed by atoms with van der Waals surface area (Å²) in [5.41, 5.74) is 0.812. The molecule has 0 bridgehead atoms. The minimum Gasteiger partial charge on any atom is -0.495 e. The zero-order valence-electron chi connectivity index (χ0n) is 15.9. The van der Waals surface area contributed by atoms with Crippen LogP contribution in [0.2, 0.25) is 10.0 Å². The van der Waals surface area contributed by atoms with E-state index in [0.717, 1.165) is 5.56 Å². The Morgan fingerprint density at radius 1 is 1.24 bits per heavy atom. The van der Waals surface area contributed by atoms with Gasteiger partial charge in [-0.05, 0) is 42.7 Å². The van der Waals surface area contributed by atoms with Gasteiger partial charge in [0.1, 0.15) is 10.6 Å². The van der Waals surface area contributed by atoms with Crippen molar-refractivity contribution in [2.45, 2.75) is 24.3 Å². The lowest BCUT2D eigenvalue weighted by molar-refractivity contribution is -0.126. The summed E-state index contributed by atoms with van der Waals surface area (Å²) in [5.74, 6) is -0.409. The van der Waals surface area contributed by atoms with Crippen molar-refractivity contribution < 1.29 is 17.9 Å². The second-order valence-electron chi connectivity index (χ2n) is 6.81. The Bertz CT molecular complexity index is 998. The van der Waals surface area contributed by atoms with E-state index in [1.807, 2.05) is 18.2 Å². The Hall–Kier alpha value is -1.80. The molecule has 9 heteroatoms. The number of benzene rings is 2. The van der Waals surface area contributed by atoms with Crippen molar-refractivity contribution >= 4 is 39.1 Å². The zero-order chi connectivity index (χ0) is 21.0. The number of sulfonamides is 1. The summed E-state index contributed by atoms with van der Waals surface area (Å²) in [7, 11) is -2.44. The molecule has 0 saturated carbocycles. The lowest BCUT2D eigenvalue weighted by Gasteiger charge is -2.31. The molecular formula is C20H22Cl2N2O4S. The van der Waals surface area contributed by atoms with Crippen LogP contribution in [0.15, 0.2) is 47.4 Å². The van der Waals surface area contributed by atoms with Crippen LogP contribution in [0, 0.1) is 5.92 Å². The largest absolute Gasteiger partial charge is 0.495 e. The van der Waals surface area contributed by atoms with Crippen LogP contribution in [-0.2, 0) is 21.4 Å². The van der Waals surface area contributed by atoms with Crippen molar-refractivity contribution in [3.8, 4) is 5.75 Å². The molecule has 1 atom stereocenters. The molecule has 0 aliphatic carbocycles. The van der Waals surface area contributed by atoms with E-state index < -0.39 is 15.9 Å². The SMILES string of the molecule is COc1ccc(Cl)cc1S(=O)(=O)N1CCC[C@@H](C(=O)NCc2ccccc2Cl)C1. The minimum atomic E-state index is -3.84. The Kier molecular flexibility index (Phi) is 7.05. The van der Waals surface area contributed by atoms with Crippen molar-refractivity contribution in [2.24, 2.45) is 5.92 Å². The lowest BCUT2D eigenvalue weighted by atomic mass is 9.99. The van der Waals surface area contributed by atoms with E-state index in [9.17, 15) is 13.2 Å². The van der Waals surface area contributed by atoms with Crippen molar-refractivity contribution in [1.29, 1.82) is 0 Å². The van der Waals surface area contributed by atoms with Crippen LogP contribution in [0.3, 0.4) is 0 Å². The predicted molar refractivity (Wildman–Crippen MR) is 113 cm³/mol. The van der Waals surface area contributed by atoms with E-state index in [1.54, 1.807) is 12.1 Å². The first-order chi connectivity index (χ1) is 13.8. The van der Waals surface area contributed by atoms with Crippen LogP contribution in [0.5, 0.6) is 5.75 Å². The minimum absolute atomic E-state index is 0.00428. The Morgan fingerprint density at radius 2 is 2.00 bits per heavy atom. The summed E-state index contributed by atoms with van der Waals surface area (Å²) in [6.07, 6.45) is 1.21. The number of ether oxygens (including phenoxy) is 1. The highest BCUT2D eigenvalue weighted by atomic mass is 35.5. The number of nitrogens with zero attached hydrogens (tertiary/aromatic N) is 1. The second kappa shape index (κ2) is 9.34. The van der Waals surface area contributed by atoms with Crippen molar-refractivity contribution in [3.05, 3.63) is 58.1 Å². The van der Waals surface area contributed by atoms with Crippen molar-refractivity contribution in [1.82, 2.24) is 9.62 Å². The number of rotatable bonds is 6. The predicted octanol–water partition coefficient (Wildman–Crippen LogP) is 3.72. The van der Waals surface area contributed by atoms with Gasteiger partial charge in [-0.1, -0.05) is 41.4 Å². The molecule has 2 aromatic carbocycles. The van der Waals surface area contributed by atoms with Gasteiger partial charge in [0.05, 0.1) is 13.0 Å². The molecule has 0 radical (unpaired) electrons. The smallest absolute Gasteiger partial charge is 0.246 e. The van der Waals surface area contributed by atoms with E-state index >= 15 is 0 Å². The normalized spacial score (nSPS) is 17.7. The molecule has 1 amide bonds. The molecule has 1 aliphatic rings. The lowest BCUT2D eigenvalue weighted by Crippen LogP contribution is -2.45. The molecule has 0 spiro atoms. The van der Waals surface area contributed by atoms with Crippen LogP contribution in [0.1, 0.15) is 18.4 Å². The van der Waals surface area contributed by atoms with E-state index in [1.165, 1.54) is 23.5 Å². The van der Waals surface area contributed by atoms with Gasteiger partial charge in [0.2, 0.25) is 15.9 Å². The monoisotopic (exact) mass is 456 g/mol. The Morgan fingerprint density at radius 3 is 2.72 bits per heavy atom. The molecule has 0 unspecified atom stereocenters. The van der Waals surface area contributed by atoms with Gasteiger partial charge in [-0.15, -0.1) is 0 Å². The molecular weight excluding hydrogens is 435 g/mol. The van der Waals surface area contributed by atoms with Crippen molar-refractivity contribution in [2.75, 3.05) is 20.2 Å². The average Bonchev–Trinajstić information content (AvgIpc) is 2.73. The fraction of sp³-hybridized carbons (Fsp3) is 0.350. The maximum absolute atomic E-state index is 13.1. The van der Waals surface area contributed by atoms with Gasteiger partial charge >= 0.3 is 0 Å². The second-order valence-corrected chi connectivity index (χ2v) is 9.56. The fourth-order valence-corrected chi connectivity index (χ4v) is 5.48. The van der Waals surface area contributed by atoms with Crippen LogP contribution in [-0.4, -0.2) is 38.8 Å². The number of halogens is 2. The first-order valence-electron chi connectivity index (χ1n) is 9.17. The topological polar surface area (TPSA) is 75.7 Å². The summed E-state index contributed by atoms with van der Waals surface area (Å²) in [5, 5.41) is 3.74.